The van der Waals surface area contributed by atoms with Gasteiger partial charge in [0.25, 0.3) is 0 Å². The predicted molar refractivity (Wildman–Crippen MR) is 115 cm³/mol. The molecular formula is C21H38O15. The van der Waals surface area contributed by atoms with Crippen LogP contribution in [0.5, 0.6) is 0 Å². The molecule has 0 radical (unpaired) electrons. The number of rotatable bonds is 13. The summed E-state index contributed by atoms with van der Waals surface area (Å²) in [5.74, 6) is -3.53. The molecule has 2 fully saturated rings. The summed E-state index contributed by atoms with van der Waals surface area (Å²) >= 11 is 0. The van der Waals surface area contributed by atoms with E-state index in [-0.39, 0.29) is 6.42 Å². The van der Waals surface area contributed by atoms with Gasteiger partial charge >= 0.3 is 11.9 Å². The fraction of sp³-hybridized carbons (Fsp3) is 0.952. The van der Waals surface area contributed by atoms with Crippen LogP contribution in [0.3, 0.4) is 0 Å². The third-order valence-electron chi connectivity index (χ3n) is 5.98. The Labute approximate surface area is 207 Å². The van der Waals surface area contributed by atoms with Gasteiger partial charge in [0.1, 0.15) is 48.8 Å². The quantitative estimate of drug-likeness (QED) is 0.0618. The Kier molecular flexibility index (Phi) is 12.3. The number of unbranched alkanes of at least 4 members (excludes halogenated alkanes) is 2. The summed E-state index contributed by atoms with van der Waals surface area (Å²) in [5, 5.41) is 89.7. The van der Waals surface area contributed by atoms with E-state index in [2.05, 4.69) is 0 Å². The van der Waals surface area contributed by atoms with Gasteiger partial charge in [-0.1, -0.05) is 19.8 Å². The molecule has 15 heteroatoms. The average molecular weight is 531 g/mol. The summed E-state index contributed by atoms with van der Waals surface area (Å²) in [6.07, 6.45) is -14.4. The number of aliphatic hydroxyl groups is 9. The lowest BCUT2D eigenvalue weighted by Crippen LogP contribution is -2.67. The number of hydrogen-bond acceptors (Lipinski definition) is 15. The van der Waals surface area contributed by atoms with Crippen molar-refractivity contribution in [3.8, 4) is 0 Å². The molecule has 11 unspecified atom stereocenters. The lowest BCUT2D eigenvalue weighted by molar-refractivity contribution is -0.454. The molecule has 0 aliphatic carbocycles. The van der Waals surface area contributed by atoms with Crippen LogP contribution >= 0.6 is 0 Å². The number of aliphatic hydroxyl groups excluding tert-OH is 8. The van der Waals surface area contributed by atoms with Crippen LogP contribution < -0.4 is 0 Å². The predicted octanol–water partition coefficient (Wildman–Crippen LogP) is -4.57. The van der Waals surface area contributed by atoms with E-state index < -0.39 is 99.6 Å². The van der Waals surface area contributed by atoms with Gasteiger partial charge in [0.15, 0.2) is 12.4 Å². The minimum Gasteiger partial charge on any atom is -0.457 e. The second kappa shape index (κ2) is 14.2. The summed E-state index contributed by atoms with van der Waals surface area (Å²) in [6.45, 7) is -0.761. The van der Waals surface area contributed by atoms with Gasteiger partial charge in [-0.3, -0.25) is 4.79 Å². The van der Waals surface area contributed by atoms with Gasteiger partial charge in [0.2, 0.25) is 0 Å². The van der Waals surface area contributed by atoms with Crippen LogP contribution in [0.4, 0.5) is 0 Å². The zero-order valence-corrected chi connectivity index (χ0v) is 19.9. The van der Waals surface area contributed by atoms with E-state index in [0.29, 0.717) is 6.42 Å². The van der Waals surface area contributed by atoms with Crippen molar-refractivity contribution in [3.05, 3.63) is 0 Å². The molecule has 0 aromatic rings. The van der Waals surface area contributed by atoms with Crippen molar-refractivity contribution in [2.75, 3.05) is 26.4 Å². The minimum absolute atomic E-state index is 0.107. The van der Waals surface area contributed by atoms with Crippen LogP contribution in [-0.4, -0.2) is 146 Å². The van der Waals surface area contributed by atoms with E-state index in [0.717, 1.165) is 12.8 Å². The second-order valence-corrected chi connectivity index (χ2v) is 8.81. The van der Waals surface area contributed by atoms with Gasteiger partial charge in [-0.25, -0.2) is 0 Å². The summed E-state index contributed by atoms with van der Waals surface area (Å²) in [7, 11) is 0. The number of ether oxygens (including phenoxy) is 5. The smallest absolute Gasteiger partial charge is 0.311 e. The first-order valence-electron chi connectivity index (χ1n) is 11.8. The van der Waals surface area contributed by atoms with E-state index in [1.807, 2.05) is 6.92 Å². The molecule has 9 N–H and O–H groups in total. The molecule has 0 saturated carbocycles. The molecule has 0 aromatic carbocycles. The minimum atomic E-state index is -2.93. The fourth-order valence-corrected chi connectivity index (χ4v) is 3.73. The van der Waals surface area contributed by atoms with Gasteiger partial charge in [-0.05, 0) is 6.42 Å². The third kappa shape index (κ3) is 7.73. The van der Waals surface area contributed by atoms with Crippen molar-refractivity contribution in [2.45, 2.75) is 99.8 Å². The van der Waals surface area contributed by atoms with Crippen LogP contribution in [0.25, 0.3) is 0 Å². The van der Waals surface area contributed by atoms with Gasteiger partial charge in [-0.15, -0.1) is 0 Å². The molecule has 2 saturated heterocycles. The maximum Gasteiger partial charge on any atom is 0.311 e. The molecule has 0 aromatic heterocycles. The Bertz CT molecular complexity index is 665. The van der Waals surface area contributed by atoms with Crippen LogP contribution in [0, 0.1) is 0 Å². The molecule has 2 aliphatic heterocycles. The van der Waals surface area contributed by atoms with Crippen molar-refractivity contribution < 1.29 is 74.4 Å². The molecular weight excluding hydrogens is 492 g/mol. The Hall–Kier alpha value is -1.05. The van der Waals surface area contributed by atoms with Crippen molar-refractivity contribution in [1.29, 1.82) is 0 Å². The van der Waals surface area contributed by atoms with Crippen molar-refractivity contribution in [3.63, 3.8) is 0 Å². The highest BCUT2D eigenvalue weighted by atomic mass is 16.8. The third-order valence-corrected chi connectivity index (χ3v) is 5.98. The van der Waals surface area contributed by atoms with Crippen LogP contribution in [0.2, 0.25) is 0 Å². The number of carbonyl (C=O) groups is 1. The Balaban J connectivity index is 1.98. The summed E-state index contributed by atoms with van der Waals surface area (Å²) in [4.78, 5) is 11.9. The van der Waals surface area contributed by atoms with Crippen LogP contribution in [0.1, 0.15) is 32.6 Å². The fourth-order valence-electron chi connectivity index (χ4n) is 3.73. The van der Waals surface area contributed by atoms with Gasteiger partial charge < -0.3 is 69.6 Å². The lowest BCUT2D eigenvalue weighted by Gasteiger charge is -2.45. The zero-order chi connectivity index (χ0) is 27.0. The van der Waals surface area contributed by atoms with Crippen molar-refractivity contribution in [1.82, 2.24) is 0 Å². The van der Waals surface area contributed by atoms with E-state index in [4.69, 9.17) is 23.7 Å². The zero-order valence-electron chi connectivity index (χ0n) is 19.9. The van der Waals surface area contributed by atoms with E-state index in [1.54, 1.807) is 0 Å². The molecule has 2 heterocycles. The second-order valence-electron chi connectivity index (χ2n) is 8.81. The molecule has 0 amide bonds. The largest absolute Gasteiger partial charge is 0.457 e. The summed E-state index contributed by atoms with van der Waals surface area (Å²) in [6, 6.07) is 0. The van der Waals surface area contributed by atoms with E-state index in [9.17, 15) is 50.8 Å². The summed E-state index contributed by atoms with van der Waals surface area (Å²) < 4.78 is 25.8. The van der Waals surface area contributed by atoms with Gasteiger partial charge in [0, 0.05) is 6.42 Å². The maximum atomic E-state index is 11.9. The monoisotopic (exact) mass is 530 g/mol. The number of carbonyl (C=O) groups excluding carboxylic acids is 1. The highest BCUT2D eigenvalue weighted by Crippen LogP contribution is 2.31. The maximum absolute atomic E-state index is 11.9. The number of hydrogen-bond donors (Lipinski definition) is 9. The van der Waals surface area contributed by atoms with E-state index in [1.165, 1.54) is 0 Å². The van der Waals surface area contributed by atoms with Gasteiger partial charge in [-0.2, -0.15) is 0 Å². The molecule has 36 heavy (non-hydrogen) atoms. The standard InChI is InChI=1S/C21H38O15/c1-2-3-4-5-13(24)34-10(6-22)8-33-21(31)19(30)17(28)15(26)12(36-21)9-32-20-18(29)16(27)14(25)11(7-23)35-20/h10-12,14-20,22-23,25-31H,2-9H2,1H3. The Morgan fingerprint density at radius 2 is 1.61 bits per heavy atom. The van der Waals surface area contributed by atoms with Crippen LogP contribution in [-0.2, 0) is 28.5 Å². The number of esters is 1. The Morgan fingerprint density at radius 1 is 0.944 bits per heavy atom. The highest BCUT2D eigenvalue weighted by Gasteiger charge is 2.55. The first-order chi connectivity index (χ1) is 17.0. The van der Waals surface area contributed by atoms with Crippen molar-refractivity contribution in [2.24, 2.45) is 0 Å². The molecule has 0 spiro atoms. The van der Waals surface area contributed by atoms with E-state index >= 15 is 0 Å². The van der Waals surface area contributed by atoms with Crippen molar-refractivity contribution >= 4 is 5.97 Å². The molecule has 0 bridgehead atoms. The Morgan fingerprint density at radius 3 is 2.22 bits per heavy atom. The SMILES string of the molecule is CCCCCC(=O)OC(CO)COC1(O)OC(COC2OC(CO)C(O)C(O)C2O)C(O)C(O)C1O. The molecule has 2 rings (SSSR count). The van der Waals surface area contributed by atoms with Crippen LogP contribution in [0.15, 0.2) is 0 Å². The average Bonchev–Trinajstić information content (AvgIpc) is 2.86. The van der Waals surface area contributed by atoms with Gasteiger partial charge in [0.05, 0.1) is 26.4 Å². The first kappa shape index (κ1) is 31.2. The molecule has 212 valence electrons. The normalized spacial score (nSPS) is 40.1. The lowest BCUT2D eigenvalue weighted by atomic mass is 9.97. The highest BCUT2D eigenvalue weighted by molar-refractivity contribution is 5.69. The molecule has 15 nitrogen and oxygen atoms in total. The first-order valence-corrected chi connectivity index (χ1v) is 11.8. The topological polar surface area (TPSA) is 245 Å². The summed E-state index contributed by atoms with van der Waals surface area (Å²) in [5.41, 5.74) is 0. The molecule has 11 atom stereocenters. The molecule has 2 aliphatic rings.